The molecule has 1 heterocycles. The zero-order chi connectivity index (χ0) is 49.7. The van der Waals surface area contributed by atoms with Gasteiger partial charge in [-0.3, -0.25) is 4.79 Å². The number of aliphatic hydroxyl groups excluding tert-OH is 7. The average molecular weight is 968 g/mol. The highest BCUT2D eigenvalue weighted by Crippen LogP contribution is 2.23. The molecule has 0 aliphatic carbocycles. The number of allylic oxidation sites excluding steroid dienone is 4. The number of amides is 1. The summed E-state index contributed by atoms with van der Waals surface area (Å²) in [6, 6.07) is -1.16. The van der Waals surface area contributed by atoms with E-state index in [4.69, 9.17) is 9.47 Å². The summed E-state index contributed by atoms with van der Waals surface area (Å²) < 4.78 is 11.0. The standard InChI is InChI=1S/C57H109NO10/c1-3-5-7-8-9-10-11-12-13-14-15-16-17-18-19-20-21-22-23-24-25-26-27-28-29-30-31-32-33-34-35-36-37-38-39-40-41-43-45-50(61)56(66)58-48(52(62)49(60)44-42-6-4-2)47-67-57-55(65)54(64)53(63)51(46-59)68-57/h21-22,24-25,48-55,57,59-65H,3-20,23,26-47H2,1-2H3,(H,58,66)/b22-21-,25-24-. The van der Waals surface area contributed by atoms with E-state index < -0.39 is 74.2 Å². The molecular weight excluding hydrogens is 859 g/mol. The van der Waals surface area contributed by atoms with Gasteiger partial charge in [0, 0.05) is 0 Å². The third kappa shape index (κ3) is 34.8. The molecule has 9 unspecified atom stereocenters. The highest BCUT2D eigenvalue weighted by Gasteiger charge is 2.44. The van der Waals surface area contributed by atoms with E-state index in [1.807, 2.05) is 6.92 Å². The van der Waals surface area contributed by atoms with Crippen molar-refractivity contribution in [1.29, 1.82) is 0 Å². The van der Waals surface area contributed by atoms with Crippen molar-refractivity contribution in [2.24, 2.45) is 0 Å². The van der Waals surface area contributed by atoms with Gasteiger partial charge in [0.25, 0.3) is 0 Å². The van der Waals surface area contributed by atoms with E-state index in [2.05, 4.69) is 36.5 Å². The average Bonchev–Trinajstić information content (AvgIpc) is 3.34. The van der Waals surface area contributed by atoms with Crippen LogP contribution >= 0.6 is 0 Å². The van der Waals surface area contributed by atoms with Crippen LogP contribution in [0.5, 0.6) is 0 Å². The Bertz CT molecular complexity index is 1160. The molecule has 1 aliphatic rings. The van der Waals surface area contributed by atoms with Gasteiger partial charge < -0.3 is 50.5 Å². The number of rotatable bonds is 49. The van der Waals surface area contributed by atoms with Crippen molar-refractivity contribution in [2.75, 3.05) is 13.2 Å². The minimum Gasteiger partial charge on any atom is -0.394 e. The normalized spacial score (nSPS) is 20.6. The lowest BCUT2D eigenvalue weighted by atomic mass is 9.98. The molecule has 9 atom stereocenters. The molecule has 8 N–H and O–H groups in total. The molecule has 1 amide bonds. The summed E-state index contributed by atoms with van der Waals surface area (Å²) in [6.07, 6.45) is 45.5. The fourth-order valence-corrected chi connectivity index (χ4v) is 9.30. The molecular formula is C57H109NO10. The van der Waals surface area contributed by atoms with Gasteiger partial charge in [0.2, 0.25) is 5.91 Å². The zero-order valence-corrected chi connectivity index (χ0v) is 43.9. The fourth-order valence-electron chi connectivity index (χ4n) is 9.30. The maximum atomic E-state index is 13.0. The molecule has 1 saturated heterocycles. The molecule has 0 radical (unpaired) electrons. The Morgan fingerprint density at radius 1 is 0.515 bits per heavy atom. The molecule has 402 valence electrons. The molecule has 0 saturated carbocycles. The third-order valence-corrected chi connectivity index (χ3v) is 14.0. The summed E-state index contributed by atoms with van der Waals surface area (Å²) in [7, 11) is 0. The number of nitrogens with one attached hydrogen (secondary N) is 1. The lowest BCUT2D eigenvalue weighted by Gasteiger charge is -2.40. The van der Waals surface area contributed by atoms with Crippen LogP contribution in [0.15, 0.2) is 24.3 Å². The first-order valence-corrected chi connectivity index (χ1v) is 28.7. The molecule has 0 aromatic carbocycles. The zero-order valence-electron chi connectivity index (χ0n) is 43.9. The Morgan fingerprint density at radius 3 is 1.32 bits per heavy atom. The lowest BCUT2D eigenvalue weighted by molar-refractivity contribution is -0.303. The quantitative estimate of drug-likeness (QED) is 0.0215. The van der Waals surface area contributed by atoms with Crippen molar-refractivity contribution in [3.05, 3.63) is 24.3 Å². The van der Waals surface area contributed by atoms with Crippen LogP contribution in [0.2, 0.25) is 0 Å². The van der Waals surface area contributed by atoms with Crippen LogP contribution in [0.4, 0.5) is 0 Å². The molecule has 0 aromatic rings. The minimum atomic E-state index is -1.66. The molecule has 1 rings (SSSR count). The maximum Gasteiger partial charge on any atom is 0.249 e. The van der Waals surface area contributed by atoms with Gasteiger partial charge in [0.05, 0.1) is 25.4 Å². The number of unbranched alkanes of at least 4 members (excludes halogenated alkanes) is 33. The molecule has 68 heavy (non-hydrogen) atoms. The molecule has 0 spiro atoms. The number of carbonyl (C=O) groups excluding carboxylic acids is 1. The van der Waals surface area contributed by atoms with E-state index in [-0.39, 0.29) is 6.42 Å². The Labute approximate surface area is 416 Å². The van der Waals surface area contributed by atoms with E-state index >= 15 is 0 Å². The summed E-state index contributed by atoms with van der Waals surface area (Å²) in [5, 5.41) is 74.8. The second kappa shape index (κ2) is 46.6. The van der Waals surface area contributed by atoms with Crippen LogP contribution in [0.1, 0.15) is 264 Å². The van der Waals surface area contributed by atoms with Crippen molar-refractivity contribution >= 4 is 5.91 Å². The monoisotopic (exact) mass is 968 g/mol. The van der Waals surface area contributed by atoms with Crippen molar-refractivity contribution in [2.45, 2.75) is 319 Å². The summed E-state index contributed by atoms with van der Waals surface area (Å²) >= 11 is 0. The van der Waals surface area contributed by atoms with Crippen molar-refractivity contribution < 1.29 is 50.0 Å². The minimum absolute atomic E-state index is 0.260. The predicted molar refractivity (Wildman–Crippen MR) is 279 cm³/mol. The molecule has 11 heteroatoms. The van der Waals surface area contributed by atoms with Crippen LogP contribution in [-0.2, 0) is 14.3 Å². The van der Waals surface area contributed by atoms with Gasteiger partial charge in [-0.05, 0) is 44.9 Å². The van der Waals surface area contributed by atoms with E-state index in [1.54, 1.807) is 0 Å². The van der Waals surface area contributed by atoms with Gasteiger partial charge >= 0.3 is 0 Å². The van der Waals surface area contributed by atoms with Crippen LogP contribution in [0.3, 0.4) is 0 Å². The van der Waals surface area contributed by atoms with Gasteiger partial charge in [-0.2, -0.15) is 0 Å². The second-order valence-electron chi connectivity index (χ2n) is 20.4. The van der Waals surface area contributed by atoms with Crippen molar-refractivity contribution in [3.8, 4) is 0 Å². The molecule has 0 bridgehead atoms. The summed E-state index contributed by atoms with van der Waals surface area (Å²) in [6.45, 7) is 3.26. The SMILES string of the molecule is CCCCCCCCCCCCCCCCC/C=C\C/C=C\CCCCCCCCCCCCCCCCCCC(O)C(=O)NC(COC1OC(CO)C(O)C(O)C1O)C(O)C(O)CCCCC. The van der Waals surface area contributed by atoms with Crippen LogP contribution in [0, 0.1) is 0 Å². The smallest absolute Gasteiger partial charge is 0.249 e. The predicted octanol–water partition coefficient (Wildman–Crippen LogP) is 11.7. The van der Waals surface area contributed by atoms with Gasteiger partial charge in [-0.15, -0.1) is 0 Å². The Balaban J connectivity index is 1.99. The van der Waals surface area contributed by atoms with E-state index in [0.29, 0.717) is 19.3 Å². The van der Waals surface area contributed by atoms with E-state index in [9.17, 15) is 40.5 Å². The third-order valence-electron chi connectivity index (χ3n) is 14.0. The van der Waals surface area contributed by atoms with E-state index in [0.717, 1.165) is 38.5 Å². The number of aliphatic hydroxyl groups is 7. The molecule has 11 nitrogen and oxygen atoms in total. The van der Waals surface area contributed by atoms with Crippen LogP contribution in [-0.4, -0.2) is 110 Å². The number of ether oxygens (including phenoxy) is 2. The lowest BCUT2D eigenvalue weighted by Crippen LogP contribution is -2.60. The van der Waals surface area contributed by atoms with Gasteiger partial charge in [-0.25, -0.2) is 0 Å². The van der Waals surface area contributed by atoms with Gasteiger partial charge in [0.15, 0.2) is 6.29 Å². The highest BCUT2D eigenvalue weighted by atomic mass is 16.7. The maximum absolute atomic E-state index is 13.0. The Kier molecular flexibility index (Phi) is 44.3. The van der Waals surface area contributed by atoms with Gasteiger partial charge in [-0.1, -0.05) is 244 Å². The first-order chi connectivity index (χ1) is 33.2. The molecule has 0 aromatic heterocycles. The number of hydrogen-bond donors (Lipinski definition) is 8. The van der Waals surface area contributed by atoms with Gasteiger partial charge in [0.1, 0.15) is 36.6 Å². The summed E-state index contributed by atoms with van der Waals surface area (Å²) in [5.41, 5.74) is 0. The first-order valence-electron chi connectivity index (χ1n) is 28.7. The Hall–Kier alpha value is -1.41. The van der Waals surface area contributed by atoms with Crippen LogP contribution < -0.4 is 5.32 Å². The molecule has 1 fully saturated rings. The first kappa shape index (κ1) is 64.6. The summed E-state index contributed by atoms with van der Waals surface area (Å²) in [4.78, 5) is 13.0. The number of hydrogen-bond acceptors (Lipinski definition) is 10. The topological polar surface area (TPSA) is 189 Å². The number of carbonyl (C=O) groups is 1. The fraction of sp³-hybridized carbons (Fsp3) is 0.912. The largest absolute Gasteiger partial charge is 0.394 e. The Morgan fingerprint density at radius 2 is 0.897 bits per heavy atom. The second-order valence-corrected chi connectivity index (χ2v) is 20.4. The van der Waals surface area contributed by atoms with Crippen LogP contribution in [0.25, 0.3) is 0 Å². The van der Waals surface area contributed by atoms with Crippen molar-refractivity contribution in [3.63, 3.8) is 0 Å². The summed E-state index contributed by atoms with van der Waals surface area (Å²) in [5.74, 6) is -0.704. The molecule has 1 aliphatic heterocycles. The highest BCUT2D eigenvalue weighted by molar-refractivity contribution is 5.80. The van der Waals surface area contributed by atoms with Crippen molar-refractivity contribution in [1.82, 2.24) is 5.32 Å². The van der Waals surface area contributed by atoms with E-state index in [1.165, 1.54) is 186 Å².